The van der Waals surface area contributed by atoms with Crippen LogP contribution in [-0.4, -0.2) is 31.4 Å². The number of carbonyl (C=O) groups is 1. The topological polar surface area (TPSA) is 83.7 Å². The predicted octanol–water partition coefficient (Wildman–Crippen LogP) is 2.24. The van der Waals surface area contributed by atoms with Crippen LogP contribution in [0, 0.1) is 0 Å². The molecular formula is C15H20N2O4S. The van der Waals surface area contributed by atoms with Gasteiger partial charge < -0.3 is 24.9 Å². The molecule has 0 fully saturated rings. The molecule has 0 aliphatic rings. The molecule has 2 amide bonds. The van der Waals surface area contributed by atoms with Crippen LogP contribution in [0.4, 0.5) is 4.79 Å². The quantitative estimate of drug-likeness (QED) is 0.729. The van der Waals surface area contributed by atoms with E-state index >= 15 is 0 Å². The van der Waals surface area contributed by atoms with Gasteiger partial charge in [0.15, 0.2) is 0 Å². The van der Waals surface area contributed by atoms with Crippen LogP contribution in [0.15, 0.2) is 39.6 Å². The molecular weight excluding hydrogens is 304 g/mol. The Hall–Kier alpha value is -1.83. The predicted molar refractivity (Wildman–Crippen MR) is 83.7 cm³/mol. The summed E-state index contributed by atoms with van der Waals surface area (Å²) in [6.45, 7) is 2.06. The van der Waals surface area contributed by atoms with E-state index in [4.69, 9.17) is 9.15 Å². The lowest BCUT2D eigenvalue weighted by molar-refractivity contribution is 0.0594. The highest BCUT2D eigenvalue weighted by atomic mass is 32.1. The first-order valence-electron chi connectivity index (χ1n) is 6.84. The molecule has 3 N–H and O–H groups in total. The van der Waals surface area contributed by atoms with Crippen molar-refractivity contribution in [1.29, 1.82) is 0 Å². The summed E-state index contributed by atoms with van der Waals surface area (Å²) >= 11 is 1.50. The first-order chi connectivity index (χ1) is 10.5. The number of rotatable bonds is 7. The Morgan fingerprint density at radius 1 is 1.55 bits per heavy atom. The second-order valence-corrected chi connectivity index (χ2v) is 5.92. The second kappa shape index (κ2) is 7.44. The normalized spacial score (nSPS) is 15.0. The zero-order valence-corrected chi connectivity index (χ0v) is 13.4. The number of urea groups is 1. The van der Waals surface area contributed by atoms with E-state index in [0.717, 1.165) is 5.56 Å². The monoisotopic (exact) mass is 324 g/mol. The van der Waals surface area contributed by atoms with Crippen molar-refractivity contribution in [1.82, 2.24) is 10.6 Å². The van der Waals surface area contributed by atoms with E-state index in [1.807, 2.05) is 16.8 Å². The minimum absolute atomic E-state index is 0.105. The van der Waals surface area contributed by atoms with Crippen molar-refractivity contribution in [3.63, 3.8) is 0 Å². The maximum atomic E-state index is 12.0. The molecule has 120 valence electrons. The molecule has 6 nitrogen and oxygen atoms in total. The van der Waals surface area contributed by atoms with Crippen LogP contribution < -0.4 is 10.6 Å². The maximum Gasteiger partial charge on any atom is 0.315 e. The zero-order chi connectivity index (χ0) is 16.0. The fourth-order valence-electron chi connectivity index (χ4n) is 1.99. The Balaban J connectivity index is 1.89. The van der Waals surface area contributed by atoms with Crippen molar-refractivity contribution in [3.05, 3.63) is 46.5 Å². The number of methoxy groups -OCH3 is 1. The van der Waals surface area contributed by atoms with Crippen LogP contribution in [0.1, 0.15) is 24.3 Å². The van der Waals surface area contributed by atoms with Gasteiger partial charge in [-0.3, -0.25) is 0 Å². The van der Waals surface area contributed by atoms with Crippen molar-refractivity contribution in [2.45, 2.75) is 18.6 Å². The summed E-state index contributed by atoms with van der Waals surface area (Å²) in [6, 6.07) is 4.57. The molecule has 2 rings (SSSR count). The van der Waals surface area contributed by atoms with E-state index in [2.05, 4.69) is 10.6 Å². The Labute approximate surface area is 133 Å². The van der Waals surface area contributed by atoms with Gasteiger partial charge in [0.05, 0.1) is 19.4 Å². The summed E-state index contributed by atoms with van der Waals surface area (Å²) in [6.07, 6.45) is 1.54. The highest BCUT2D eigenvalue weighted by Gasteiger charge is 2.25. The number of carbonyl (C=O) groups excluding carboxylic acids is 1. The van der Waals surface area contributed by atoms with Gasteiger partial charge >= 0.3 is 6.03 Å². The molecule has 0 radical (unpaired) electrons. The molecule has 0 aromatic carbocycles. The maximum absolute atomic E-state index is 12.0. The average Bonchev–Trinajstić information content (AvgIpc) is 3.17. The van der Waals surface area contributed by atoms with Crippen molar-refractivity contribution in [3.8, 4) is 0 Å². The van der Waals surface area contributed by atoms with Crippen LogP contribution in [0.5, 0.6) is 0 Å². The fraction of sp³-hybridized carbons (Fsp3) is 0.400. The third-order valence-electron chi connectivity index (χ3n) is 3.26. The molecule has 22 heavy (non-hydrogen) atoms. The van der Waals surface area contributed by atoms with Crippen molar-refractivity contribution in [2.75, 3.05) is 20.3 Å². The number of thiophene rings is 1. The lowest BCUT2D eigenvalue weighted by Gasteiger charge is -2.24. The summed E-state index contributed by atoms with van der Waals surface area (Å²) in [7, 11) is 1.55. The molecule has 0 aliphatic heterocycles. The van der Waals surface area contributed by atoms with Gasteiger partial charge in [0.25, 0.3) is 0 Å². The molecule has 2 aromatic heterocycles. The summed E-state index contributed by atoms with van der Waals surface area (Å²) in [5.41, 5.74) is -0.337. The molecule has 2 heterocycles. The van der Waals surface area contributed by atoms with E-state index in [1.54, 1.807) is 32.4 Å². The molecule has 2 atom stereocenters. The summed E-state index contributed by atoms with van der Waals surface area (Å²) in [5.74, 6) is 0.613. The standard InChI is InChI=1S/C15H20N2O4S/c1-15(19,11-5-7-22-9-11)10-16-14(18)17-12(8-20-2)13-4-3-6-21-13/h3-7,9,12,19H,8,10H2,1-2H3,(H2,16,17,18). The van der Waals surface area contributed by atoms with Crippen LogP contribution >= 0.6 is 11.3 Å². The van der Waals surface area contributed by atoms with Crippen LogP contribution in [-0.2, 0) is 10.3 Å². The summed E-state index contributed by atoms with van der Waals surface area (Å²) < 4.78 is 10.4. The lowest BCUT2D eigenvalue weighted by Crippen LogP contribution is -2.45. The molecule has 0 saturated heterocycles. The Bertz CT molecular complexity index is 566. The number of aliphatic hydroxyl groups is 1. The zero-order valence-electron chi connectivity index (χ0n) is 12.5. The van der Waals surface area contributed by atoms with Crippen LogP contribution in [0.25, 0.3) is 0 Å². The van der Waals surface area contributed by atoms with Gasteiger partial charge in [-0.05, 0) is 41.4 Å². The van der Waals surface area contributed by atoms with Gasteiger partial charge in [-0.25, -0.2) is 4.79 Å². The highest BCUT2D eigenvalue weighted by molar-refractivity contribution is 7.08. The van der Waals surface area contributed by atoms with Gasteiger partial charge in [0, 0.05) is 7.11 Å². The number of nitrogens with one attached hydrogen (secondary N) is 2. The van der Waals surface area contributed by atoms with E-state index in [1.165, 1.54) is 11.3 Å². The van der Waals surface area contributed by atoms with Gasteiger partial charge in [-0.1, -0.05) is 0 Å². The van der Waals surface area contributed by atoms with Crippen molar-refractivity contribution >= 4 is 17.4 Å². The highest BCUT2D eigenvalue weighted by Crippen LogP contribution is 2.22. The van der Waals surface area contributed by atoms with Gasteiger partial charge in [0.2, 0.25) is 0 Å². The SMILES string of the molecule is COCC(NC(=O)NCC(C)(O)c1ccsc1)c1ccco1. The summed E-state index contributed by atoms with van der Waals surface area (Å²) in [5, 5.41) is 19.5. The van der Waals surface area contributed by atoms with E-state index in [9.17, 15) is 9.90 Å². The Morgan fingerprint density at radius 3 is 2.95 bits per heavy atom. The van der Waals surface area contributed by atoms with E-state index in [0.29, 0.717) is 12.4 Å². The fourth-order valence-corrected chi connectivity index (χ4v) is 2.77. The number of hydrogen-bond donors (Lipinski definition) is 3. The number of ether oxygens (including phenoxy) is 1. The Morgan fingerprint density at radius 2 is 2.36 bits per heavy atom. The second-order valence-electron chi connectivity index (χ2n) is 5.14. The first-order valence-corrected chi connectivity index (χ1v) is 7.79. The van der Waals surface area contributed by atoms with Crippen molar-refractivity contribution < 1.29 is 19.1 Å². The van der Waals surface area contributed by atoms with Crippen molar-refractivity contribution in [2.24, 2.45) is 0 Å². The Kier molecular flexibility index (Phi) is 5.59. The minimum Gasteiger partial charge on any atom is -0.467 e. The van der Waals surface area contributed by atoms with Gasteiger partial charge in [-0.15, -0.1) is 0 Å². The third kappa shape index (κ3) is 4.33. The molecule has 0 bridgehead atoms. The molecule has 0 saturated carbocycles. The van der Waals surface area contributed by atoms with Gasteiger partial charge in [0.1, 0.15) is 17.4 Å². The molecule has 2 aromatic rings. The van der Waals surface area contributed by atoms with Gasteiger partial charge in [-0.2, -0.15) is 11.3 Å². The molecule has 0 aliphatic carbocycles. The minimum atomic E-state index is -1.11. The van der Waals surface area contributed by atoms with E-state index < -0.39 is 11.6 Å². The third-order valence-corrected chi connectivity index (χ3v) is 3.94. The molecule has 7 heteroatoms. The average molecular weight is 324 g/mol. The largest absolute Gasteiger partial charge is 0.467 e. The van der Waals surface area contributed by atoms with Crippen LogP contribution in [0.3, 0.4) is 0 Å². The lowest BCUT2D eigenvalue weighted by atomic mass is 9.99. The summed E-state index contributed by atoms with van der Waals surface area (Å²) in [4.78, 5) is 12.0. The van der Waals surface area contributed by atoms with E-state index in [-0.39, 0.29) is 12.6 Å². The first kappa shape index (κ1) is 16.5. The number of amides is 2. The van der Waals surface area contributed by atoms with Crippen LogP contribution in [0.2, 0.25) is 0 Å². The molecule has 0 spiro atoms. The molecule has 2 unspecified atom stereocenters. The smallest absolute Gasteiger partial charge is 0.315 e. The number of hydrogen-bond acceptors (Lipinski definition) is 5. The number of furan rings is 1.